The molecule has 0 saturated heterocycles. The lowest BCUT2D eigenvalue weighted by atomic mass is 10.1. The molecule has 0 atom stereocenters. The second-order valence-corrected chi connectivity index (χ2v) is 10.6. The first kappa shape index (κ1) is 24.8. The van der Waals surface area contributed by atoms with Crippen molar-refractivity contribution in [2.24, 2.45) is 0 Å². The highest BCUT2D eigenvalue weighted by atomic mass is 79.9. The number of halogens is 3. The van der Waals surface area contributed by atoms with E-state index in [1.54, 1.807) is 6.07 Å². The molecule has 0 spiro atoms. The topological polar surface area (TPSA) is 50.7 Å². The normalized spacial score (nSPS) is 11.3. The molecule has 0 unspecified atom stereocenters. The molecule has 7 heteroatoms. The van der Waals surface area contributed by atoms with Crippen LogP contribution in [0, 0.1) is 11.3 Å². The number of aromatic nitrogens is 2. The number of unbranched alkanes of at least 4 members (excludes halogenated alkanes) is 1. The van der Waals surface area contributed by atoms with Crippen molar-refractivity contribution in [3.63, 3.8) is 0 Å². The van der Waals surface area contributed by atoms with Crippen LogP contribution in [0.5, 0.6) is 0 Å². The fourth-order valence-corrected chi connectivity index (χ4v) is 6.32. The minimum Gasteiger partial charge on any atom is -0.340 e. The van der Waals surface area contributed by atoms with Crippen molar-refractivity contribution < 1.29 is 4.79 Å². The van der Waals surface area contributed by atoms with E-state index in [1.807, 2.05) is 30.3 Å². The summed E-state index contributed by atoms with van der Waals surface area (Å²) in [6.07, 6.45) is 3.89. The second-order valence-electron chi connectivity index (χ2n) is 8.73. The predicted octanol–water partition coefficient (Wildman–Crippen LogP) is 8.84. The van der Waals surface area contributed by atoms with Crippen molar-refractivity contribution in [3.05, 3.63) is 97.1 Å². The van der Waals surface area contributed by atoms with Gasteiger partial charge in [0.2, 0.25) is 0 Å². The van der Waals surface area contributed by atoms with E-state index in [0.717, 1.165) is 67.7 Å². The number of fused-ring (bicyclic) bond motifs is 2. The number of benzene rings is 3. The molecule has 4 nitrogen and oxygen atoms in total. The van der Waals surface area contributed by atoms with Crippen LogP contribution in [0.3, 0.4) is 0 Å². The molecule has 0 aliphatic carbocycles. The minimum atomic E-state index is 0.500. The molecule has 0 bridgehead atoms. The Morgan fingerprint density at radius 2 is 1.86 bits per heavy atom. The number of aldehydes is 1. The molecule has 5 rings (SSSR count). The zero-order valence-corrected chi connectivity index (χ0v) is 23.5. The molecule has 0 amide bonds. The summed E-state index contributed by atoms with van der Waals surface area (Å²) >= 11 is 14.2. The number of hydrogen-bond donors (Lipinski definition) is 0. The van der Waals surface area contributed by atoms with E-state index >= 15 is 0 Å². The average Bonchev–Trinajstić information content (AvgIpc) is 3.38. The monoisotopic (exact) mass is 621 g/mol. The summed E-state index contributed by atoms with van der Waals surface area (Å²) in [4.78, 5) is 11.5. The van der Waals surface area contributed by atoms with Gasteiger partial charge in [-0.25, -0.2) is 0 Å². The molecule has 2 heterocycles. The van der Waals surface area contributed by atoms with Crippen LogP contribution >= 0.6 is 43.5 Å². The van der Waals surface area contributed by atoms with Gasteiger partial charge in [0.05, 0.1) is 31.8 Å². The molecule has 0 aliphatic heterocycles. The third-order valence-corrected chi connectivity index (χ3v) is 9.09. The minimum absolute atomic E-state index is 0.500. The molecule has 0 fully saturated rings. The van der Waals surface area contributed by atoms with E-state index in [-0.39, 0.29) is 0 Å². The summed E-state index contributed by atoms with van der Waals surface area (Å²) in [7, 11) is 0. The van der Waals surface area contributed by atoms with Crippen molar-refractivity contribution in [2.75, 3.05) is 0 Å². The first-order valence-corrected chi connectivity index (χ1v) is 13.7. The van der Waals surface area contributed by atoms with Crippen molar-refractivity contribution >= 4 is 71.6 Å². The van der Waals surface area contributed by atoms with Crippen LogP contribution in [0.1, 0.15) is 46.9 Å². The van der Waals surface area contributed by atoms with Gasteiger partial charge in [-0.1, -0.05) is 49.2 Å². The van der Waals surface area contributed by atoms with Gasteiger partial charge < -0.3 is 9.13 Å². The zero-order chi connectivity index (χ0) is 25.4. The van der Waals surface area contributed by atoms with E-state index in [4.69, 9.17) is 11.6 Å². The summed E-state index contributed by atoms with van der Waals surface area (Å²) < 4.78 is 6.17. The Labute approximate surface area is 231 Å². The molecule has 0 radical (unpaired) electrons. The van der Waals surface area contributed by atoms with Crippen molar-refractivity contribution in [1.82, 2.24) is 9.13 Å². The van der Waals surface area contributed by atoms with Crippen LogP contribution in [0.4, 0.5) is 0 Å². The standard InChI is InChI=1S/C29H22Br2ClN3O/c1-2-3-9-21-14-22-24(13-12-20(17-36)28(22)32)34(21)16-19-8-6-11-25-26(19)27(30)29(31)35(25)23-10-5-4-7-18(23)15-33/h4-8,10-14,17H,2-3,9,16H2,1H3. The third kappa shape index (κ3) is 4.10. The summed E-state index contributed by atoms with van der Waals surface area (Å²) in [5.41, 5.74) is 6.28. The van der Waals surface area contributed by atoms with Crippen LogP contribution in [0.25, 0.3) is 27.5 Å². The maximum absolute atomic E-state index is 11.5. The van der Waals surface area contributed by atoms with Crippen molar-refractivity contribution in [3.8, 4) is 11.8 Å². The van der Waals surface area contributed by atoms with Gasteiger partial charge in [0, 0.05) is 28.6 Å². The summed E-state index contributed by atoms with van der Waals surface area (Å²) in [5, 5.41) is 12.2. The SMILES string of the molecule is CCCCc1cc2c(Cl)c(C=O)ccc2n1Cc1cccc2c1c(Br)c(Br)n2-c1ccccc1C#N. The fraction of sp³-hybridized carbons (Fsp3) is 0.172. The van der Waals surface area contributed by atoms with Crippen LogP contribution in [-0.2, 0) is 13.0 Å². The Balaban J connectivity index is 1.72. The maximum Gasteiger partial charge on any atom is 0.151 e. The number of hydrogen-bond acceptors (Lipinski definition) is 2. The number of carbonyl (C=O) groups is 1. The fourth-order valence-electron chi connectivity index (χ4n) is 4.85. The van der Waals surface area contributed by atoms with Gasteiger partial charge in [-0.05, 0) is 86.7 Å². The van der Waals surface area contributed by atoms with Crippen molar-refractivity contribution in [2.45, 2.75) is 32.7 Å². The third-order valence-electron chi connectivity index (χ3n) is 6.61. The highest BCUT2D eigenvalue weighted by Crippen LogP contribution is 2.40. The van der Waals surface area contributed by atoms with E-state index in [2.05, 4.69) is 78.3 Å². The van der Waals surface area contributed by atoms with Gasteiger partial charge in [0.1, 0.15) is 10.7 Å². The molecule has 5 aromatic rings. The largest absolute Gasteiger partial charge is 0.340 e. The molecule has 0 saturated carbocycles. The first-order valence-electron chi connectivity index (χ1n) is 11.7. The van der Waals surface area contributed by atoms with Gasteiger partial charge >= 0.3 is 0 Å². The van der Waals surface area contributed by atoms with E-state index < -0.39 is 0 Å². The van der Waals surface area contributed by atoms with Gasteiger partial charge in [-0.15, -0.1) is 0 Å². The van der Waals surface area contributed by atoms with Crippen LogP contribution in [-0.4, -0.2) is 15.4 Å². The first-order chi connectivity index (χ1) is 17.5. The molecular weight excluding hydrogens is 602 g/mol. The quantitative estimate of drug-likeness (QED) is 0.170. The van der Waals surface area contributed by atoms with Gasteiger partial charge in [-0.2, -0.15) is 5.26 Å². The Hall–Kier alpha value is -2.85. The average molecular weight is 624 g/mol. The highest BCUT2D eigenvalue weighted by molar-refractivity contribution is 9.13. The number of nitriles is 1. The van der Waals surface area contributed by atoms with Crippen LogP contribution in [0.15, 0.2) is 69.7 Å². The lowest BCUT2D eigenvalue weighted by molar-refractivity contribution is 0.112. The number of aryl methyl sites for hydroxylation is 1. The van der Waals surface area contributed by atoms with Crippen molar-refractivity contribution in [1.29, 1.82) is 5.26 Å². The summed E-state index contributed by atoms with van der Waals surface area (Å²) in [6.45, 7) is 2.83. The predicted molar refractivity (Wildman–Crippen MR) is 153 cm³/mol. The number of rotatable bonds is 7. The molecule has 180 valence electrons. The highest BCUT2D eigenvalue weighted by Gasteiger charge is 2.21. The van der Waals surface area contributed by atoms with Crippen LogP contribution in [0.2, 0.25) is 5.02 Å². The summed E-state index contributed by atoms with van der Waals surface area (Å²) in [6, 6.07) is 22.1. The van der Waals surface area contributed by atoms with E-state index in [0.29, 0.717) is 22.7 Å². The lowest BCUT2D eigenvalue weighted by Crippen LogP contribution is -2.05. The Morgan fingerprint density at radius 1 is 1.06 bits per heavy atom. The second kappa shape index (κ2) is 10.3. The van der Waals surface area contributed by atoms with Gasteiger partial charge in [0.25, 0.3) is 0 Å². The van der Waals surface area contributed by atoms with E-state index in [9.17, 15) is 10.1 Å². The van der Waals surface area contributed by atoms with Crippen LogP contribution < -0.4 is 0 Å². The Morgan fingerprint density at radius 3 is 2.61 bits per heavy atom. The molecule has 2 aromatic heterocycles. The molecule has 3 aromatic carbocycles. The number of nitrogens with zero attached hydrogens (tertiary/aromatic N) is 3. The lowest BCUT2D eigenvalue weighted by Gasteiger charge is -2.13. The maximum atomic E-state index is 11.5. The molecule has 0 aliphatic rings. The zero-order valence-electron chi connectivity index (χ0n) is 19.6. The van der Waals surface area contributed by atoms with Gasteiger partial charge in [0.15, 0.2) is 6.29 Å². The van der Waals surface area contributed by atoms with Gasteiger partial charge in [-0.3, -0.25) is 4.79 Å². The molecule has 0 N–H and O–H groups in total. The van der Waals surface area contributed by atoms with E-state index in [1.165, 1.54) is 5.69 Å². The summed E-state index contributed by atoms with van der Waals surface area (Å²) in [5.74, 6) is 0. The molecular formula is C29H22Br2ClN3O. The smallest absolute Gasteiger partial charge is 0.151 e. The Bertz CT molecular complexity index is 1680. The number of para-hydroxylation sites is 1. The number of carbonyl (C=O) groups excluding carboxylic acids is 1. The molecule has 36 heavy (non-hydrogen) atoms. The Kier molecular flexibility index (Phi) is 7.07.